The maximum absolute atomic E-state index is 13.4. The van der Waals surface area contributed by atoms with Gasteiger partial charge in [-0.1, -0.05) is 49.7 Å². The quantitative estimate of drug-likeness (QED) is 0.352. The van der Waals surface area contributed by atoms with Crippen molar-refractivity contribution in [3.63, 3.8) is 0 Å². The first-order valence-electron chi connectivity index (χ1n) is 11.2. The topological polar surface area (TPSA) is 83.6 Å². The molecule has 1 N–H and O–H groups in total. The number of hydrogen-bond donors (Lipinski definition) is 1. The van der Waals surface area contributed by atoms with Crippen LogP contribution in [0.1, 0.15) is 39.5 Å². The van der Waals surface area contributed by atoms with Gasteiger partial charge in [0.05, 0.1) is 9.92 Å². The summed E-state index contributed by atoms with van der Waals surface area (Å²) in [5.74, 6) is 0.115. The Balaban J connectivity index is 1.90. The Morgan fingerprint density at radius 2 is 1.66 bits per heavy atom. The summed E-state index contributed by atoms with van der Waals surface area (Å²) in [7, 11) is -7.48. The number of nitrogens with one attached hydrogen (secondary N) is 1. The summed E-state index contributed by atoms with van der Waals surface area (Å²) < 4.78 is 56.5. The van der Waals surface area contributed by atoms with E-state index in [1.165, 1.54) is 21.7 Å². The molecule has 0 unspecified atom stereocenters. The summed E-state index contributed by atoms with van der Waals surface area (Å²) in [6.45, 7) is 9.84. The molecule has 0 saturated heterocycles. The van der Waals surface area contributed by atoms with Crippen LogP contribution in [0, 0.1) is 5.92 Å². The highest BCUT2D eigenvalue weighted by Gasteiger charge is 2.28. The van der Waals surface area contributed by atoms with Crippen molar-refractivity contribution in [1.82, 2.24) is 9.03 Å². The first-order chi connectivity index (χ1) is 16.2. The summed E-state index contributed by atoms with van der Waals surface area (Å²) in [5, 5.41) is 2.10. The highest BCUT2D eigenvalue weighted by molar-refractivity contribution is 7.89. The normalized spacial score (nSPS) is 13.0. The van der Waals surface area contributed by atoms with Crippen molar-refractivity contribution in [1.29, 1.82) is 0 Å². The maximum Gasteiger partial charge on any atom is 0.244 e. The van der Waals surface area contributed by atoms with Crippen molar-refractivity contribution in [3.05, 3.63) is 69.9 Å². The van der Waals surface area contributed by atoms with Crippen LogP contribution < -0.4 is 4.72 Å². The molecule has 0 aliphatic heterocycles. The Hall–Kier alpha value is -1.75. The molecule has 0 bridgehead atoms. The summed E-state index contributed by atoms with van der Waals surface area (Å²) in [6.07, 6.45) is 0. The van der Waals surface area contributed by atoms with Crippen molar-refractivity contribution in [2.24, 2.45) is 5.92 Å². The molecule has 3 aromatic rings. The Morgan fingerprint density at radius 1 is 0.971 bits per heavy atom. The SMILES string of the molecule is CC(C)CN(Cc1cc(-c2cccc(S(=O)(=O)NC(C)(C)C)c2)cs1)S(=O)(=O)c1ccccc1Cl. The van der Waals surface area contributed by atoms with Crippen molar-refractivity contribution < 1.29 is 16.8 Å². The Labute approximate surface area is 218 Å². The van der Waals surface area contributed by atoms with Gasteiger partial charge in [0, 0.05) is 23.5 Å². The molecule has 0 spiro atoms. The number of benzene rings is 2. The molecule has 2 aromatic carbocycles. The van der Waals surface area contributed by atoms with E-state index in [0.717, 1.165) is 16.0 Å². The van der Waals surface area contributed by atoms with Crippen LogP contribution in [0.25, 0.3) is 11.1 Å². The zero-order valence-corrected chi connectivity index (χ0v) is 23.7. The third-order valence-electron chi connectivity index (χ3n) is 4.93. The number of sulfonamides is 2. The van der Waals surface area contributed by atoms with Crippen LogP contribution >= 0.6 is 22.9 Å². The zero-order chi connectivity index (χ0) is 26.0. The number of rotatable bonds is 9. The van der Waals surface area contributed by atoms with Gasteiger partial charge in [0.15, 0.2) is 0 Å². The average molecular weight is 555 g/mol. The van der Waals surface area contributed by atoms with Gasteiger partial charge in [-0.2, -0.15) is 4.31 Å². The largest absolute Gasteiger partial charge is 0.244 e. The molecule has 6 nitrogen and oxygen atoms in total. The summed E-state index contributed by atoms with van der Waals surface area (Å²) in [4.78, 5) is 1.11. The second-order valence-electron chi connectivity index (χ2n) is 9.81. The van der Waals surface area contributed by atoms with Crippen LogP contribution in [0.3, 0.4) is 0 Å². The molecular weight excluding hydrogens is 524 g/mol. The van der Waals surface area contributed by atoms with Gasteiger partial charge < -0.3 is 0 Å². The molecule has 35 heavy (non-hydrogen) atoms. The fourth-order valence-corrected chi connectivity index (χ4v) is 8.07. The smallest absolute Gasteiger partial charge is 0.207 e. The second kappa shape index (κ2) is 10.7. The van der Waals surface area contributed by atoms with Crippen molar-refractivity contribution in [2.45, 2.75) is 56.5 Å². The fourth-order valence-electron chi connectivity index (χ4n) is 3.54. The van der Waals surface area contributed by atoms with Crippen molar-refractivity contribution >= 4 is 43.0 Å². The molecule has 1 aromatic heterocycles. The lowest BCUT2D eigenvalue weighted by Gasteiger charge is -2.24. The predicted molar refractivity (Wildman–Crippen MR) is 144 cm³/mol. The van der Waals surface area contributed by atoms with E-state index in [2.05, 4.69) is 4.72 Å². The highest BCUT2D eigenvalue weighted by atomic mass is 35.5. The third-order valence-corrected chi connectivity index (χ3v) is 9.92. The Morgan fingerprint density at radius 3 is 2.29 bits per heavy atom. The van der Waals surface area contributed by atoms with E-state index in [-0.39, 0.29) is 27.3 Å². The van der Waals surface area contributed by atoms with E-state index in [4.69, 9.17) is 11.6 Å². The van der Waals surface area contributed by atoms with Gasteiger partial charge in [-0.25, -0.2) is 21.6 Å². The van der Waals surface area contributed by atoms with Gasteiger partial charge in [0.2, 0.25) is 20.0 Å². The minimum atomic E-state index is -3.80. The molecular formula is C25H31ClN2O4S3. The van der Waals surface area contributed by atoms with Crippen LogP contribution in [0.5, 0.6) is 0 Å². The molecule has 0 saturated carbocycles. The third kappa shape index (κ3) is 7.15. The zero-order valence-electron chi connectivity index (χ0n) is 20.4. The van der Waals surface area contributed by atoms with Gasteiger partial charge in [-0.05, 0) is 73.5 Å². The van der Waals surface area contributed by atoms with Crippen LogP contribution in [0.4, 0.5) is 0 Å². The summed E-state index contributed by atoms with van der Waals surface area (Å²) >= 11 is 7.65. The van der Waals surface area contributed by atoms with E-state index >= 15 is 0 Å². The number of halogens is 1. The first-order valence-corrected chi connectivity index (χ1v) is 15.3. The van der Waals surface area contributed by atoms with Gasteiger partial charge >= 0.3 is 0 Å². The molecule has 1 heterocycles. The molecule has 3 rings (SSSR count). The van der Waals surface area contributed by atoms with Gasteiger partial charge in [-0.3, -0.25) is 0 Å². The summed E-state index contributed by atoms with van der Waals surface area (Å²) in [6, 6.07) is 15.1. The van der Waals surface area contributed by atoms with Crippen LogP contribution in [-0.4, -0.2) is 33.2 Å². The van der Waals surface area contributed by atoms with E-state index in [1.807, 2.05) is 31.4 Å². The van der Waals surface area contributed by atoms with E-state index in [0.29, 0.717) is 6.54 Å². The maximum atomic E-state index is 13.4. The lowest BCUT2D eigenvalue weighted by atomic mass is 10.1. The monoisotopic (exact) mass is 554 g/mol. The summed E-state index contributed by atoms with van der Waals surface area (Å²) in [5.41, 5.74) is 0.975. The predicted octanol–water partition coefficient (Wildman–Crippen LogP) is 5.99. The van der Waals surface area contributed by atoms with E-state index in [1.54, 1.807) is 57.2 Å². The Kier molecular flexibility index (Phi) is 8.51. The molecule has 190 valence electrons. The number of thiophene rings is 1. The average Bonchev–Trinajstić information content (AvgIpc) is 3.20. The fraction of sp³-hybridized carbons (Fsp3) is 0.360. The van der Waals surface area contributed by atoms with Crippen LogP contribution in [0.2, 0.25) is 5.02 Å². The van der Waals surface area contributed by atoms with Gasteiger partial charge in [0.1, 0.15) is 4.90 Å². The van der Waals surface area contributed by atoms with Crippen LogP contribution in [0.15, 0.2) is 69.8 Å². The molecule has 0 radical (unpaired) electrons. The first kappa shape index (κ1) is 27.8. The molecule has 0 aliphatic rings. The number of hydrogen-bond acceptors (Lipinski definition) is 5. The molecule has 0 amide bonds. The Bertz CT molecular complexity index is 1390. The van der Waals surface area contributed by atoms with Gasteiger partial charge in [0.25, 0.3) is 0 Å². The molecule has 0 aliphatic carbocycles. The van der Waals surface area contributed by atoms with E-state index < -0.39 is 25.6 Å². The lowest BCUT2D eigenvalue weighted by Crippen LogP contribution is -2.40. The molecule has 0 fully saturated rings. The lowest BCUT2D eigenvalue weighted by molar-refractivity contribution is 0.364. The van der Waals surface area contributed by atoms with Gasteiger partial charge in [-0.15, -0.1) is 11.3 Å². The van der Waals surface area contributed by atoms with Crippen LogP contribution in [-0.2, 0) is 26.6 Å². The minimum Gasteiger partial charge on any atom is -0.207 e. The number of nitrogens with zero attached hydrogens (tertiary/aromatic N) is 1. The standard InChI is InChI=1S/C25H31ClN2O4S3/c1-18(2)15-28(35(31,32)24-12-7-6-11-23(24)26)16-21-13-20(17-33-21)19-9-8-10-22(14-19)34(29,30)27-25(3,4)5/h6-14,17-18,27H,15-16H2,1-5H3. The second-order valence-corrected chi connectivity index (χ2v) is 14.8. The minimum absolute atomic E-state index is 0.0864. The molecule has 10 heteroatoms. The van der Waals surface area contributed by atoms with Crippen molar-refractivity contribution in [3.8, 4) is 11.1 Å². The van der Waals surface area contributed by atoms with E-state index in [9.17, 15) is 16.8 Å². The van der Waals surface area contributed by atoms with Crippen molar-refractivity contribution in [2.75, 3.05) is 6.54 Å². The molecule has 0 atom stereocenters. The highest BCUT2D eigenvalue weighted by Crippen LogP contribution is 2.31.